The summed E-state index contributed by atoms with van der Waals surface area (Å²) in [5.41, 5.74) is 11.9. The summed E-state index contributed by atoms with van der Waals surface area (Å²) in [6.45, 7) is 14.2. The Kier molecular flexibility index (Phi) is 6.89. The van der Waals surface area contributed by atoms with Crippen LogP contribution in [-0.2, 0) is 16.2 Å². The zero-order chi connectivity index (χ0) is 35.1. The van der Waals surface area contributed by atoms with Crippen molar-refractivity contribution < 1.29 is 0 Å². The van der Waals surface area contributed by atoms with Gasteiger partial charge in [0, 0.05) is 34.0 Å². The number of aromatic nitrogens is 4. The van der Waals surface area contributed by atoms with Crippen LogP contribution < -0.4 is 0 Å². The fraction of sp³-hybridized carbons (Fsp3) is 0.213. The first-order chi connectivity index (χ1) is 24.6. The van der Waals surface area contributed by atoms with Gasteiger partial charge in [-0.2, -0.15) is 0 Å². The molecule has 5 heterocycles. The van der Waals surface area contributed by atoms with Crippen LogP contribution in [0.15, 0.2) is 140 Å². The molecule has 4 aromatic heterocycles. The van der Waals surface area contributed by atoms with Gasteiger partial charge in [-0.1, -0.05) is 125 Å². The van der Waals surface area contributed by atoms with Crippen LogP contribution in [0.1, 0.15) is 91.1 Å². The van der Waals surface area contributed by atoms with Crippen LogP contribution in [0.25, 0.3) is 27.3 Å². The molecule has 1 aliphatic rings. The third-order valence-electron chi connectivity index (χ3n) is 12.4. The summed E-state index contributed by atoms with van der Waals surface area (Å²) in [5.74, 6) is -0.139. The summed E-state index contributed by atoms with van der Waals surface area (Å²) < 4.78 is 2.53. The van der Waals surface area contributed by atoms with Crippen LogP contribution in [0.3, 0.4) is 0 Å². The van der Waals surface area contributed by atoms with Crippen LogP contribution in [-0.4, -0.2) is 19.4 Å². The number of fused-ring (bicyclic) bond motifs is 3. The van der Waals surface area contributed by atoms with Gasteiger partial charge in [-0.3, -0.25) is 14.4 Å². The number of hydrogen-bond acceptors (Lipinski definition) is 3. The number of imidazole rings is 1. The van der Waals surface area contributed by atoms with Crippen LogP contribution in [0.4, 0.5) is 0 Å². The first kappa shape index (κ1) is 31.4. The molecule has 8 aromatic rings. The van der Waals surface area contributed by atoms with Gasteiger partial charge in [-0.05, 0) is 77.4 Å². The minimum absolute atomic E-state index is 0.139. The third kappa shape index (κ3) is 4.35. The second-order valence-electron chi connectivity index (χ2n) is 15.5. The van der Waals surface area contributed by atoms with E-state index in [-0.39, 0.29) is 16.7 Å². The first-order valence-corrected chi connectivity index (χ1v) is 18.0. The Hall–Kier alpha value is -5.61. The predicted octanol–water partition coefficient (Wildman–Crippen LogP) is 10.8. The summed E-state index contributed by atoms with van der Waals surface area (Å²) in [5, 5.41) is 3.67. The topological polar surface area (TPSA) is 43.1 Å². The molecule has 0 radical (unpaired) electrons. The van der Waals surface area contributed by atoms with Gasteiger partial charge in [-0.25, -0.2) is 4.98 Å². The third-order valence-corrected chi connectivity index (χ3v) is 12.4. The van der Waals surface area contributed by atoms with E-state index < -0.39 is 5.41 Å². The largest absolute Gasteiger partial charge is 0.295 e. The molecule has 1 unspecified atom stereocenters. The van der Waals surface area contributed by atoms with Gasteiger partial charge in [0.15, 0.2) is 0 Å². The van der Waals surface area contributed by atoms with E-state index >= 15 is 0 Å². The summed E-state index contributed by atoms with van der Waals surface area (Å²) in [7, 11) is 0. The Balaban J connectivity index is 1.46. The smallest absolute Gasteiger partial charge is 0.145 e. The Labute approximate surface area is 299 Å². The maximum atomic E-state index is 5.82. The van der Waals surface area contributed by atoms with E-state index in [2.05, 4.69) is 161 Å². The average Bonchev–Trinajstić information content (AvgIpc) is 3.57. The highest BCUT2D eigenvalue weighted by atomic mass is 15.1. The standard InChI is InChI=1S/C47H42N4/c1-30-23-26-36-42-39(30)34-25-24-33(47(6,32-19-11-8-12-20-32)38-22-14-16-28-49-38)29-35(34)44-50-41(43(51(42)44)46(4,5)45(36,2)3)40(31-17-9-7-10-18-31)37-21-13-15-27-48-37/h7-29,40H,1-6H3/t40-,47?/m0/s1. The van der Waals surface area contributed by atoms with Crippen molar-refractivity contribution >= 4 is 27.3 Å². The van der Waals surface area contributed by atoms with Crippen molar-refractivity contribution in [3.63, 3.8) is 0 Å². The highest BCUT2D eigenvalue weighted by Crippen LogP contribution is 2.54. The van der Waals surface area contributed by atoms with E-state index in [1.165, 1.54) is 49.8 Å². The van der Waals surface area contributed by atoms with Gasteiger partial charge in [0.05, 0.1) is 39.6 Å². The molecule has 0 fully saturated rings. The van der Waals surface area contributed by atoms with E-state index in [9.17, 15) is 0 Å². The Morgan fingerprint density at radius 1 is 0.647 bits per heavy atom. The molecule has 0 saturated carbocycles. The maximum Gasteiger partial charge on any atom is 0.145 e. The minimum Gasteiger partial charge on any atom is -0.295 e. The van der Waals surface area contributed by atoms with E-state index in [0.717, 1.165) is 28.1 Å². The number of pyridine rings is 3. The van der Waals surface area contributed by atoms with Crippen LogP contribution in [0, 0.1) is 6.92 Å². The normalized spacial score (nSPS) is 16.4. The summed E-state index contributed by atoms with van der Waals surface area (Å²) in [4.78, 5) is 15.7. The lowest BCUT2D eigenvalue weighted by atomic mass is 9.59. The van der Waals surface area contributed by atoms with Gasteiger partial charge in [-0.15, -0.1) is 0 Å². The second-order valence-corrected chi connectivity index (χ2v) is 15.5. The molecule has 1 aliphatic heterocycles. The van der Waals surface area contributed by atoms with Crippen LogP contribution in [0.2, 0.25) is 0 Å². The summed E-state index contributed by atoms with van der Waals surface area (Å²) in [6.07, 6.45) is 3.81. The van der Waals surface area contributed by atoms with Gasteiger partial charge < -0.3 is 0 Å². The lowest BCUT2D eigenvalue weighted by molar-refractivity contribution is 0.286. The Morgan fingerprint density at radius 3 is 2.02 bits per heavy atom. The molecule has 9 rings (SSSR count). The van der Waals surface area contributed by atoms with Crippen molar-refractivity contribution in [2.45, 2.75) is 63.7 Å². The van der Waals surface area contributed by atoms with Crippen molar-refractivity contribution in [3.05, 3.63) is 190 Å². The number of rotatable bonds is 6. The highest BCUT2D eigenvalue weighted by molar-refractivity contribution is 6.14. The van der Waals surface area contributed by atoms with Crippen LogP contribution >= 0.6 is 0 Å². The molecule has 4 nitrogen and oxygen atoms in total. The molecule has 0 saturated heterocycles. The monoisotopic (exact) mass is 662 g/mol. The van der Waals surface area contributed by atoms with Crippen molar-refractivity contribution in [1.29, 1.82) is 0 Å². The average molecular weight is 663 g/mol. The lowest BCUT2D eigenvalue weighted by Gasteiger charge is -2.47. The van der Waals surface area contributed by atoms with Gasteiger partial charge in [0.25, 0.3) is 0 Å². The molecule has 0 N–H and O–H groups in total. The van der Waals surface area contributed by atoms with Crippen molar-refractivity contribution in [1.82, 2.24) is 19.4 Å². The van der Waals surface area contributed by atoms with Crippen molar-refractivity contribution in [2.75, 3.05) is 0 Å². The zero-order valence-electron chi connectivity index (χ0n) is 30.1. The second kappa shape index (κ2) is 11.2. The molecular weight excluding hydrogens is 621 g/mol. The van der Waals surface area contributed by atoms with Crippen molar-refractivity contribution in [3.8, 4) is 0 Å². The first-order valence-electron chi connectivity index (χ1n) is 18.0. The highest BCUT2D eigenvalue weighted by Gasteiger charge is 2.49. The molecule has 4 aromatic carbocycles. The van der Waals surface area contributed by atoms with Gasteiger partial charge in [0.1, 0.15) is 5.65 Å². The zero-order valence-corrected chi connectivity index (χ0v) is 30.1. The summed E-state index contributed by atoms with van der Waals surface area (Å²) in [6, 6.07) is 45.8. The van der Waals surface area contributed by atoms with Gasteiger partial charge >= 0.3 is 0 Å². The van der Waals surface area contributed by atoms with E-state index in [1.807, 2.05) is 24.5 Å². The number of nitrogens with zero attached hydrogens (tertiary/aromatic N) is 4. The molecule has 250 valence electrons. The molecule has 0 amide bonds. The van der Waals surface area contributed by atoms with Crippen molar-refractivity contribution in [2.24, 2.45) is 0 Å². The number of aryl methyl sites for hydroxylation is 1. The number of hydrogen-bond donors (Lipinski definition) is 0. The molecule has 4 heteroatoms. The van der Waals surface area contributed by atoms with E-state index in [4.69, 9.17) is 15.0 Å². The Bertz CT molecular complexity index is 2510. The molecule has 0 spiro atoms. The predicted molar refractivity (Wildman–Crippen MR) is 209 cm³/mol. The fourth-order valence-corrected chi connectivity index (χ4v) is 8.85. The number of benzene rings is 4. The molecule has 51 heavy (non-hydrogen) atoms. The fourth-order valence-electron chi connectivity index (χ4n) is 8.85. The van der Waals surface area contributed by atoms with Gasteiger partial charge in [0.2, 0.25) is 0 Å². The Morgan fingerprint density at radius 2 is 1.33 bits per heavy atom. The molecule has 0 aliphatic carbocycles. The molecular formula is C47H42N4. The molecule has 2 atom stereocenters. The maximum absolute atomic E-state index is 5.82. The minimum atomic E-state index is -0.489. The van der Waals surface area contributed by atoms with E-state index in [0.29, 0.717) is 0 Å². The van der Waals surface area contributed by atoms with E-state index in [1.54, 1.807) is 0 Å². The summed E-state index contributed by atoms with van der Waals surface area (Å²) >= 11 is 0. The molecule has 0 bridgehead atoms. The van der Waals surface area contributed by atoms with Crippen LogP contribution in [0.5, 0.6) is 0 Å². The SMILES string of the molecule is Cc1ccc2c3c1c1ccc(C(C)(c4ccccc4)c4ccccn4)cc1c1nc([C@@H](c4ccccc4)c4ccccn4)c(n13)C(C)(C)C2(C)C. The lowest BCUT2D eigenvalue weighted by Crippen LogP contribution is -2.45. The quantitative estimate of drug-likeness (QED) is 0.166.